The standard InChI is InChI=1S/C21H21ClN6/c1-13-6-5-7-15-19(13)21(24-12-23-15)27-9-4-3-8-17(27)16-10-18-25-20(22)14(2)11-28(18)26-16/h5-7,10-12,17H,3-4,8-9H2,1-2H3. The minimum Gasteiger partial charge on any atom is -0.347 e. The number of halogens is 1. The summed E-state index contributed by atoms with van der Waals surface area (Å²) >= 11 is 6.21. The van der Waals surface area contributed by atoms with Crippen LogP contribution in [-0.4, -0.2) is 31.1 Å². The summed E-state index contributed by atoms with van der Waals surface area (Å²) in [6.45, 7) is 5.01. The first-order valence-electron chi connectivity index (χ1n) is 9.61. The van der Waals surface area contributed by atoms with Gasteiger partial charge in [0.2, 0.25) is 0 Å². The molecule has 0 spiro atoms. The molecule has 7 heteroatoms. The Morgan fingerprint density at radius 1 is 1.11 bits per heavy atom. The van der Waals surface area contributed by atoms with E-state index in [4.69, 9.17) is 21.7 Å². The number of hydrogen-bond donors (Lipinski definition) is 0. The van der Waals surface area contributed by atoms with E-state index < -0.39 is 0 Å². The minimum absolute atomic E-state index is 0.159. The monoisotopic (exact) mass is 392 g/mol. The molecule has 1 aliphatic heterocycles. The van der Waals surface area contributed by atoms with Crippen molar-refractivity contribution in [3.63, 3.8) is 0 Å². The predicted octanol–water partition coefficient (Wildman–Crippen LogP) is 4.67. The van der Waals surface area contributed by atoms with Crippen molar-refractivity contribution >= 4 is 34.0 Å². The van der Waals surface area contributed by atoms with Crippen LogP contribution in [0.2, 0.25) is 5.15 Å². The SMILES string of the molecule is Cc1cn2nc(C3CCCCN3c3ncnc4cccc(C)c34)cc2nc1Cl. The molecule has 6 nitrogen and oxygen atoms in total. The highest BCUT2D eigenvalue weighted by Gasteiger charge is 2.29. The van der Waals surface area contributed by atoms with Gasteiger partial charge in [-0.15, -0.1) is 0 Å². The number of rotatable bonds is 2. The summed E-state index contributed by atoms with van der Waals surface area (Å²) < 4.78 is 1.83. The van der Waals surface area contributed by atoms with E-state index >= 15 is 0 Å². The van der Waals surface area contributed by atoms with Crippen LogP contribution in [0.1, 0.15) is 42.1 Å². The summed E-state index contributed by atoms with van der Waals surface area (Å²) in [5, 5.41) is 6.47. The molecule has 1 aliphatic rings. The van der Waals surface area contributed by atoms with Crippen LogP contribution in [-0.2, 0) is 0 Å². The average molecular weight is 393 g/mol. The fourth-order valence-electron chi connectivity index (χ4n) is 4.14. The third-order valence-electron chi connectivity index (χ3n) is 5.56. The molecule has 0 saturated carbocycles. The highest BCUT2D eigenvalue weighted by molar-refractivity contribution is 6.30. The van der Waals surface area contributed by atoms with Gasteiger partial charge in [0.15, 0.2) is 5.65 Å². The van der Waals surface area contributed by atoms with E-state index in [2.05, 4.69) is 27.9 Å². The molecule has 0 aliphatic carbocycles. The molecule has 1 unspecified atom stereocenters. The first kappa shape index (κ1) is 17.4. The molecule has 28 heavy (non-hydrogen) atoms. The number of aromatic nitrogens is 5. The van der Waals surface area contributed by atoms with Crippen molar-refractivity contribution in [2.45, 2.75) is 39.2 Å². The Kier molecular flexibility index (Phi) is 4.16. The Balaban J connectivity index is 1.64. The van der Waals surface area contributed by atoms with Gasteiger partial charge in [0.05, 0.1) is 17.3 Å². The van der Waals surface area contributed by atoms with E-state index in [0.29, 0.717) is 5.15 Å². The van der Waals surface area contributed by atoms with E-state index in [1.165, 1.54) is 12.0 Å². The lowest BCUT2D eigenvalue weighted by molar-refractivity contribution is 0.461. The zero-order valence-corrected chi connectivity index (χ0v) is 16.7. The number of anilines is 1. The largest absolute Gasteiger partial charge is 0.347 e. The number of benzene rings is 1. The molecular formula is C21H21ClN6. The van der Waals surface area contributed by atoms with Crippen LogP contribution in [0.25, 0.3) is 16.6 Å². The minimum atomic E-state index is 0.159. The Hall–Kier alpha value is -2.73. The molecule has 0 N–H and O–H groups in total. The Morgan fingerprint density at radius 2 is 2.00 bits per heavy atom. The summed E-state index contributed by atoms with van der Waals surface area (Å²) in [6.07, 6.45) is 6.95. The quantitative estimate of drug-likeness (QED) is 0.464. The van der Waals surface area contributed by atoms with Crippen LogP contribution >= 0.6 is 11.6 Å². The van der Waals surface area contributed by atoms with Gasteiger partial charge in [0.1, 0.15) is 17.3 Å². The van der Waals surface area contributed by atoms with E-state index in [0.717, 1.165) is 53.0 Å². The summed E-state index contributed by atoms with van der Waals surface area (Å²) in [4.78, 5) is 16.0. The van der Waals surface area contributed by atoms with Crippen LogP contribution in [0.5, 0.6) is 0 Å². The van der Waals surface area contributed by atoms with Crippen molar-refractivity contribution in [2.24, 2.45) is 0 Å². The van der Waals surface area contributed by atoms with Crippen LogP contribution in [0.15, 0.2) is 36.8 Å². The molecule has 0 bridgehead atoms. The fraction of sp³-hybridized carbons (Fsp3) is 0.333. The first-order valence-corrected chi connectivity index (χ1v) is 9.99. The number of aryl methyl sites for hydroxylation is 2. The second kappa shape index (κ2) is 6.71. The maximum atomic E-state index is 6.21. The first-order chi connectivity index (χ1) is 13.6. The van der Waals surface area contributed by atoms with Crippen LogP contribution in [0.3, 0.4) is 0 Å². The average Bonchev–Trinajstić information content (AvgIpc) is 3.11. The maximum absolute atomic E-state index is 6.21. The van der Waals surface area contributed by atoms with Gasteiger partial charge in [0.25, 0.3) is 0 Å². The van der Waals surface area contributed by atoms with Crippen molar-refractivity contribution in [3.8, 4) is 0 Å². The summed E-state index contributed by atoms with van der Waals surface area (Å²) in [5.41, 5.74) is 4.88. The molecule has 3 aromatic heterocycles. The van der Waals surface area contributed by atoms with Crippen molar-refractivity contribution < 1.29 is 0 Å². The number of nitrogens with zero attached hydrogens (tertiary/aromatic N) is 6. The van der Waals surface area contributed by atoms with Crippen molar-refractivity contribution in [2.75, 3.05) is 11.4 Å². The van der Waals surface area contributed by atoms with Gasteiger partial charge in [-0.05, 0) is 44.7 Å². The molecule has 4 heterocycles. The molecule has 0 amide bonds. The molecule has 142 valence electrons. The molecule has 0 radical (unpaired) electrons. The topological polar surface area (TPSA) is 59.2 Å². The molecule has 1 saturated heterocycles. The van der Waals surface area contributed by atoms with E-state index in [-0.39, 0.29) is 6.04 Å². The smallest absolute Gasteiger partial charge is 0.157 e. The zero-order valence-electron chi connectivity index (χ0n) is 15.9. The molecule has 4 aromatic rings. The van der Waals surface area contributed by atoms with Gasteiger partial charge in [0, 0.05) is 29.8 Å². The second-order valence-corrected chi connectivity index (χ2v) is 7.82. The summed E-state index contributed by atoms with van der Waals surface area (Å²) in [7, 11) is 0. The Morgan fingerprint density at radius 3 is 2.89 bits per heavy atom. The van der Waals surface area contributed by atoms with Crippen molar-refractivity contribution in [1.82, 2.24) is 24.6 Å². The highest BCUT2D eigenvalue weighted by Crippen LogP contribution is 2.37. The molecular weight excluding hydrogens is 372 g/mol. The normalized spacial score (nSPS) is 17.5. The van der Waals surface area contributed by atoms with Gasteiger partial charge in [-0.3, -0.25) is 0 Å². The van der Waals surface area contributed by atoms with Gasteiger partial charge in [-0.1, -0.05) is 23.7 Å². The summed E-state index contributed by atoms with van der Waals surface area (Å²) in [5.74, 6) is 0.993. The van der Waals surface area contributed by atoms with Crippen LogP contribution in [0.4, 0.5) is 5.82 Å². The zero-order chi connectivity index (χ0) is 19.3. The molecule has 1 atom stereocenters. The maximum Gasteiger partial charge on any atom is 0.157 e. The van der Waals surface area contributed by atoms with Crippen molar-refractivity contribution in [1.29, 1.82) is 0 Å². The highest BCUT2D eigenvalue weighted by atomic mass is 35.5. The molecule has 1 aromatic carbocycles. The van der Waals surface area contributed by atoms with Crippen LogP contribution < -0.4 is 4.90 Å². The third-order valence-corrected chi connectivity index (χ3v) is 5.94. The van der Waals surface area contributed by atoms with E-state index in [9.17, 15) is 0 Å². The summed E-state index contributed by atoms with van der Waals surface area (Å²) in [6, 6.07) is 8.42. The van der Waals surface area contributed by atoms with Gasteiger partial charge in [-0.2, -0.15) is 5.10 Å². The van der Waals surface area contributed by atoms with Crippen molar-refractivity contribution in [3.05, 3.63) is 58.8 Å². The van der Waals surface area contributed by atoms with E-state index in [1.54, 1.807) is 6.33 Å². The van der Waals surface area contributed by atoms with E-state index in [1.807, 2.05) is 35.8 Å². The lowest BCUT2D eigenvalue weighted by Crippen LogP contribution is -2.34. The number of hydrogen-bond acceptors (Lipinski definition) is 5. The molecule has 5 rings (SSSR count). The number of piperidine rings is 1. The van der Waals surface area contributed by atoms with Crippen LogP contribution in [0, 0.1) is 13.8 Å². The Bertz CT molecular complexity index is 1140. The van der Waals surface area contributed by atoms with Gasteiger partial charge >= 0.3 is 0 Å². The van der Waals surface area contributed by atoms with Gasteiger partial charge < -0.3 is 4.90 Å². The Labute approximate surface area is 168 Å². The van der Waals surface area contributed by atoms with Gasteiger partial charge in [-0.25, -0.2) is 19.5 Å². The fourth-order valence-corrected chi connectivity index (χ4v) is 4.28. The lowest BCUT2D eigenvalue weighted by atomic mass is 9.98. The second-order valence-electron chi connectivity index (χ2n) is 7.46. The predicted molar refractivity (Wildman–Crippen MR) is 111 cm³/mol. The third kappa shape index (κ3) is 2.79. The lowest BCUT2D eigenvalue weighted by Gasteiger charge is -2.36. The number of fused-ring (bicyclic) bond motifs is 2. The molecule has 1 fully saturated rings.